The first-order valence-corrected chi connectivity index (χ1v) is 9.31. The standard InChI is InChI=1S/C21H19N5O3/c1-2-9-23-19(27)15-5-8-17-18(10-15)21(29)26(20(17)28)16-6-3-14(4-7-16)11-25-13-22-12-24-25/h3-8,10,12-13H,2,9,11H2,1H3,(H,23,27). The molecular weight excluding hydrogens is 370 g/mol. The molecule has 0 radical (unpaired) electrons. The van der Waals surface area contributed by atoms with E-state index in [2.05, 4.69) is 15.4 Å². The smallest absolute Gasteiger partial charge is 0.266 e. The molecule has 4 rings (SSSR count). The van der Waals surface area contributed by atoms with Crippen molar-refractivity contribution in [3.05, 3.63) is 77.4 Å². The summed E-state index contributed by atoms with van der Waals surface area (Å²) >= 11 is 0. The van der Waals surface area contributed by atoms with E-state index in [1.165, 1.54) is 18.5 Å². The number of rotatable bonds is 6. The summed E-state index contributed by atoms with van der Waals surface area (Å²) in [5, 5.41) is 6.83. The lowest BCUT2D eigenvalue weighted by atomic mass is 10.1. The van der Waals surface area contributed by atoms with Gasteiger partial charge in [0, 0.05) is 12.1 Å². The number of nitrogens with one attached hydrogen (secondary N) is 1. The molecule has 0 aliphatic carbocycles. The molecule has 0 fully saturated rings. The van der Waals surface area contributed by atoms with Gasteiger partial charge in [0.15, 0.2) is 0 Å². The number of carbonyl (C=O) groups excluding carboxylic acids is 3. The molecule has 0 unspecified atom stereocenters. The van der Waals surface area contributed by atoms with Crippen LogP contribution >= 0.6 is 0 Å². The highest BCUT2D eigenvalue weighted by molar-refractivity contribution is 6.34. The molecule has 0 atom stereocenters. The minimum absolute atomic E-state index is 0.242. The van der Waals surface area contributed by atoms with Gasteiger partial charge in [-0.05, 0) is 42.3 Å². The van der Waals surface area contributed by atoms with Crippen LogP contribution in [0.2, 0.25) is 0 Å². The number of hydrogen-bond donors (Lipinski definition) is 1. The second-order valence-corrected chi connectivity index (χ2v) is 6.72. The third-order valence-electron chi connectivity index (χ3n) is 4.69. The molecule has 0 saturated carbocycles. The average Bonchev–Trinajstić information content (AvgIpc) is 3.33. The molecule has 1 aliphatic heterocycles. The van der Waals surface area contributed by atoms with Crippen LogP contribution in [0.25, 0.3) is 0 Å². The van der Waals surface area contributed by atoms with Crippen LogP contribution in [0.3, 0.4) is 0 Å². The maximum Gasteiger partial charge on any atom is 0.266 e. The summed E-state index contributed by atoms with van der Waals surface area (Å²) < 4.78 is 1.68. The number of hydrogen-bond acceptors (Lipinski definition) is 5. The van der Waals surface area contributed by atoms with Crippen LogP contribution in [0.4, 0.5) is 5.69 Å². The fourth-order valence-corrected chi connectivity index (χ4v) is 3.21. The van der Waals surface area contributed by atoms with E-state index in [0.29, 0.717) is 29.9 Å². The van der Waals surface area contributed by atoms with Gasteiger partial charge in [0.25, 0.3) is 17.7 Å². The summed E-state index contributed by atoms with van der Waals surface area (Å²) in [6.45, 7) is 3.05. The molecule has 2 aromatic carbocycles. The first-order valence-electron chi connectivity index (χ1n) is 9.31. The van der Waals surface area contributed by atoms with Crippen LogP contribution in [0.1, 0.15) is 50.0 Å². The predicted octanol–water partition coefficient (Wildman–Crippen LogP) is 2.27. The third kappa shape index (κ3) is 3.52. The summed E-state index contributed by atoms with van der Waals surface area (Å²) in [6.07, 6.45) is 3.89. The molecule has 1 N–H and O–H groups in total. The van der Waals surface area contributed by atoms with E-state index in [1.807, 2.05) is 19.1 Å². The molecule has 146 valence electrons. The van der Waals surface area contributed by atoms with E-state index in [4.69, 9.17) is 0 Å². The van der Waals surface area contributed by atoms with Crippen LogP contribution in [0.15, 0.2) is 55.1 Å². The number of imide groups is 1. The quantitative estimate of drug-likeness (QED) is 0.652. The molecule has 0 spiro atoms. The summed E-state index contributed by atoms with van der Waals surface area (Å²) in [6, 6.07) is 11.7. The number of fused-ring (bicyclic) bond motifs is 1. The summed E-state index contributed by atoms with van der Waals surface area (Å²) in [5.41, 5.74) is 2.35. The Kier molecular flexibility index (Phi) is 4.90. The minimum Gasteiger partial charge on any atom is -0.352 e. The van der Waals surface area contributed by atoms with Gasteiger partial charge in [-0.2, -0.15) is 5.10 Å². The van der Waals surface area contributed by atoms with Crippen molar-refractivity contribution in [2.45, 2.75) is 19.9 Å². The van der Waals surface area contributed by atoms with Crippen LogP contribution in [0, 0.1) is 0 Å². The molecule has 29 heavy (non-hydrogen) atoms. The van der Waals surface area contributed by atoms with Gasteiger partial charge in [-0.15, -0.1) is 0 Å². The van der Waals surface area contributed by atoms with Crippen molar-refractivity contribution in [2.75, 3.05) is 11.4 Å². The third-order valence-corrected chi connectivity index (χ3v) is 4.69. The second-order valence-electron chi connectivity index (χ2n) is 6.72. The SMILES string of the molecule is CCCNC(=O)c1ccc2c(c1)C(=O)N(c1ccc(Cn3cncn3)cc1)C2=O. The van der Waals surface area contributed by atoms with Gasteiger partial charge in [0.05, 0.1) is 23.4 Å². The van der Waals surface area contributed by atoms with Crippen LogP contribution in [-0.2, 0) is 6.54 Å². The molecule has 8 heteroatoms. The normalized spacial score (nSPS) is 12.9. The van der Waals surface area contributed by atoms with Crippen LogP contribution in [-0.4, -0.2) is 39.0 Å². The fourth-order valence-electron chi connectivity index (χ4n) is 3.21. The van der Waals surface area contributed by atoms with Gasteiger partial charge in [0.1, 0.15) is 12.7 Å². The fraction of sp³-hybridized carbons (Fsp3) is 0.190. The summed E-state index contributed by atoms with van der Waals surface area (Å²) in [4.78, 5) is 42.9. The van der Waals surface area contributed by atoms with Crippen molar-refractivity contribution >= 4 is 23.4 Å². The lowest BCUT2D eigenvalue weighted by Crippen LogP contribution is -2.29. The number of benzene rings is 2. The number of anilines is 1. The van der Waals surface area contributed by atoms with E-state index >= 15 is 0 Å². The Hall–Kier alpha value is -3.81. The van der Waals surface area contributed by atoms with Crippen molar-refractivity contribution in [1.29, 1.82) is 0 Å². The minimum atomic E-state index is -0.431. The topological polar surface area (TPSA) is 97.2 Å². The Morgan fingerprint density at radius 2 is 1.79 bits per heavy atom. The van der Waals surface area contributed by atoms with Gasteiger partial charge >= 0.3 is 0 Å². The zero-order chi connectivity index (χ0) is 20.4. The van der Waals surface area contributed by atoms with E-state index < -0.39 is 11.8 Å². The highest BCUT2D eigenvalue weighted by atomic mass is 16.2. The predicted molar refractivity (Wildman–Crippen MR) is 106 cm³/mol. The molecule has 3 amide bonds. The number of carbonyl (C=O) groups is 3. The Morgan fingerprint density at radius 1 is 1.03 bits per heavy atom. The van der Waals surface area contributed by atoms with E-state index in [1.54, 1.807) is 29.2 Å². The van der Waals surface area contributed by atoms with E-state index in [-0.39, 0.29) is 11.5 Å². The van der Waals surface area contributed by atoms with E-state index in [9.17, 15) is 14.4 Å². The lowest BCUT2D eigenvalue weighted by Gasteiger charge is -2.14. The van der Waals surface area contributed by atoms with Crippen molar-refractivity contribution < 1.29 is 14.4 Å². The van der Waals surface area contributed by atoms with Gasteiger partial charge in [-0.3, -0.25) is 14.4 Å². The van der Waals surface area contributed by atoms with Crippen molar-refractivity contribution in [2.24, 2.45) is 0 Å². The highest BCUT2D eigenvalue weighted by Gasteiger charge is 2.37. The van der Waals surface area contributed by atoms with Gasteiger partial charge in [-0.1, -0.05) is 19.1 Å². The molecule has 0 bridgehead atoms. The molecule has 2 heterocycles. The Morgan fingerprint density at radius 3 is 2.48 bits per heavy atom. The summed E-state index contributed by atoms with van der Waals surface area (Å²) in [5.74, 6) is -1.08. The maximum atomic E-state index is 12.9. The average molecular weight is 389 g/mol. The summed E-state index contributed by atoms with van der Waals surface area (Å²) in [7, 11) is 0. The van der Waals surface area contributed by atoms with E-state index in [0.717, 1.165) is 16.9 Å². The first kappa shape index (κ1) is 18.5. The molecular formula is C21H19N5O3. The van der Waals surface area contributed by atoms with Gasteiger partial charge in [-0.25, -0.2) is 14.6 Å². The largest absolute Gasteiger partial charge is 0.352 e. The van der Waals surface area contributed by atoms with Crippen molar-refractivity contribution in [1.82, 2.24) is 20.1 Å². The number of aromatic nitrogens is 3. The highest BCUT2D eigenvalue weighted by Crippen LogP contribution is 2.29. The molecule has 0 saturated heterocycles. The van der Waals surface area contributed by atoms with Gasteiger partial charge in [0.2, 0.25) is 0 Å². The molecule has 1 aliphatic rings. The molecule has 3 aromatic rings. The molecule has 1 aromatic heterocycles. The number of nitrogens with zero attached hydrogens (tertiary/aromatic N) is 4. The van der Waals surface area contributed by atoms with Crippen LogP contribution < -0.4 is 10.2 Å². The second kappa shape index (κ2) is 7.67. The van der Waals surface area contributed by atoms with Crippen molar-refractivity contribution in [3.8, 4) is 0 Å². The monoisotopic (exact) mass is 389 g/mol. The Balaban J connectivity index is 1.56. The zero-order valence-electron chi connectivity index (χ0n) is 15.8. The first-order chi connectivity index (χ1) is 14.1. The van der Waals surface area contributed by atoms with Gasteiger partial charge < -0.3 is 5.32 Å². The Labute approximate surface area is 167 Å². The number of amides is 3. The maximum absolute atomic E-state index is 12.9. The van der Waals surface area contributed by atoms with Crippen LogP contribution in [0.5, 0.6) is 0 Å². The zero-order valence-corrected chi connectivity index (χ0v) is 15.8. The lowest BCUT2D eigenvalue weighted by molar-refractivity contribution is 0.0923. The Bertz CT molecular complexity index is 1070. The molecule has 8 nitrogen and oxygen atoms in total. The van der Waals surface area contributed by atoms with Crippen molar-refractivity contribution in [3.63, 3.8) is 0 Å².